The first-order valence-electron chi connectivity index (χ1n) is 8.26. The molecule has 4 nitrogen and oxygen atoms in total. The Morgan fingerprint density at radius 3 is 2.07 bits per heavy atom. The van der Waals surface area contributed by atoms with Crippen molar-refractivity contribution in [1.82, 2.24) is 5.32 Å². The molecule has 1 atom stereocenters. The number of anilines is 1. The SMILES string of the molecule is C.C/C=C(\C)NC(=O)c1ccccc1NS(=O)c1ccccc1.CC.CF. The van der Waals surface area contributed by atoms with Gasteiger partial charge in [0, 0.05) is 5.70 Å². The summed E-state index contributed by atoms with van der Waals surface area (Å²) in [7, 11) is -0.920. The van der Waals surface area contributed by atoms with E-state index in [1.807, 2.05) is 52.0 Å². The molecule has 0 spiro atoms. The normalized spacial score (nSPS) is 10.7. The van der Waals surface area contributed by atoms with E-state index >= 15 is 0 Å². The summed E-state index contributed by atoms with van der Waals surface area (Å²) in [6.45, 7) is 7.67. The molecule has 0 aliphatic carbocycles. The van der Waals surface area contributed by atoms with E-state index in [1.54, 1.807) is 36.4 Å². The molecule has 1 unspecified atom stereocenters. The Morgan fingerprint density at radius 1 is 1.00 bits per heavy atom. The van der Waals surface area contributed by atoms with Crippen molar-refractivity contribution in [3.05, 3.63) is 71.9 Å². The molecule has 2 rings (SSSR count). The molecule has 2 N–H and O–H groups in total. The molecule has 27 heavy (non-hydrogen) atoms. The number of amides is 1. The van der Waals surface area contributed by atoms with Gasteiger partial charge < -0.3 is 10.0 Å². The lowest BCUT2D eigenvalue weighted by Gasteiger charge is -2.12. The summed E-state index contributed by atoms with van der Waals surface area (Å²) in [6.07, 6.45) is 1.82. The van der Waals surface area contributed by atoms with E-state index in [4.69, 9.17) is 0 Å². The zero-order valence-corrected chi connectivity index (χ0v) is 16.7. The third-order valence-corrected chi connectivity index (χ3v) is 4.18. The number of para-hydroxylation sites is 1. The fourth-order valence-corrected chi connectivity index (χ4v) is 2.69. The van der Waals surface area contributed by atoms with Gasteiger partial charge in [-0.2, -0.15) is 0 Å². The van der Waals surface area contributed by atoms with Gasteiger partial charge in [0.15, 0.2) is 0 Å². The van der Waals surface area contributed by atoms with Crippen molar-refractivity contribution in [2.75, 3.05) is 11.9 Å². The highest BCUT2D eigenvalue weighted by atomic mass is 32.2. The zero-order valence-electron chi connectivity index (χ0n) is 15.9. The van der Waals surface area contributed by atoms with Gasteiger partial charge in [0.05, 0.1) is 23.3 Å². The predicted octanol–water partition coefficient (Wildman–Crippen LogP) is 5.72. The number of hydrogen-bond acceptors (Lipinski definition) is 2. The molecular weight excluding hydrogens is 363 g/mol. The number of allylic oxidation sites excluding steroid dienone is 2. The standard InChI is InChI=1S/C17H18N2O2S.C2H6.CH3F.CH4/c1-3-13(2)18-17(20)15-11-7-8-12-16(15)19-22(21)14-9-5-4-6-10-14;2*1-2;/h3-12,19H,1-2H3,(H,18,20);1-2H3;1H3;1H4/b13-3+;;;. The van der Waals surface area contributed by atoms with Crippen LogP contribution in [0.5, 0.6) is 0 Å². The Bertz CT molecular complexity index is 719. The van der Waals surface area contributed by atoms with Crippen LogP contribution in [0.1, 0.15) is 45.5 Å². The van der Waals surface area contributed by atoms with Gasteiger partial charge in [-0.25, -0.2) is 4.21 Å². The van der Waals surface area contributed by atoms with Crippen LogP contribution >= 0.6 is 0 Å². The summed E-state index contributed by atoms with van der Waals surface area (Å²) in [4.78, 5) is 12.9. The van der Waals surface area contributed by atoms with Crippen molar-refractivity contribution in [3.63, 3.8) is 0 Å². The summed E-state index contributed by atoms with van der Waals surface area (Å²) in [6, 6.07) is 16.1. The van der Waals surface area contributed by atoms with Crippen LogP contribution in [0.2, 0.25) is 0 Å². The Kier molecular flexibility index (Phi) is 15.6. The van der Waals surface area contributed by atoms with Gasteiger partial charge in [-0.3, -0.25) is 9.18 Å². The van der Waals surface area contributed by atoms with Gasteiger partial charge in [0.2, 0.25) is 0 Å². The second kappa shape index (κ2) is 15.8. The Hall–Kier alpha value is -2.47. The van der Waals surface area contributed by atoms with E-state index in [-0.39, 0.29) is 13.3 Å². The summed E-state index contributed by atoms with van der Waals surface area (Å²) in [5, 5.41) is 2.78. The number of rotatable bonds is 5. The van der Waals surface area contributed by atoms with E-state index in [0.717, 1.165) is 5.70 Å². The van der Waals surface area contributed by atoms with Crippen LogP contribution in [0, 0.1) is 0 Å². The zero-order chi connectivity index (χ0) is 19.9. The van der Waals surface area contributed by atoms with Crippen LogP contribution < -0.4 is 10.0 Å². The quantitative estimate of drug-likeness (QED) is 0.681. The highest BCUT2D eigenvalue weighted by Crippen LogP contribution is 2.18. The minimum Gasteiger partial charge on any atom is -0.326 e. The molecule has 0 saturated carbocycles. The first-order valence-corrected chi connectivity index (χ1v) is 9.41. The monoisotopic (exact) mass is 394 g/mol. The van der Waals surface area contributed by atoms with Gasteiger partial charge >= 0.3 is 0 Å². The van der Waals surface area contributed by atoms with Gasteiger partial charge in [-0.15, -0.1) is 0 Å². The van der Waals surface area contributed by atoms with Crippen LogP contribution in [-0.4, -0.2) is 17.3 Å². The van der Waals surface area contributed by atoms with Gasteiger partial charge in [0.25, 0.3) is 5.91 Å². The summed E-state index contributed by atoms with van der Waals surface area (Å²) >= 11 is 0. The summed E-state index contributed by atoms with van der Waals surface area (Å²) in [5.74, 6) is -0.233. The van der Waals surface area contributed by atoms with E-state index < -0.39 is 11.0 Å². The molecule has 0 saturated heterocycles. The fourth-order valence-electron chi connectivity index (χ4n) is 1.79. The summed E-state index contributed by atoms with van der Waals surface area (Å²) in [5.41, 5.74) is 1.75. The summed E-state index contributed by atoms with van der Waals surface area (Å²) < 4.78 is 24.7. The second-order valence-electron chi connectivity index (χ2n) is 4.66. The maximum absolute atomic E-state index is 12.3. The van der Waals surface area contributed by atoms with Crippen molar-refractivity contribution in [2.45, 2.75) is 40.0 Å². The lowest BCUT2D eigenvalue weighted by molar-refractivity contribution is 0.0967. The first-order chi connectivity index (χ1) is 12.6. The van der Waals surface area contributed by atoms with Crippen molar-refractivity contribution in [2.24, 2.45) is 0 Å². The average molecular weight is 395 g/mol. The number of carbonyl (C=O) groups is 1. The van der Waals surface area contributed by atoms with E-state index in [2.05, 4.69) is 10.0 Å². The number of benzene rings is 2. The van der Waals surface area contributed by atoms with E-state index in [0.29, 0.717) is 23.3 Å². The molecule has 0 fully saturated rings. The highest BCUT2D eigenvalue weighted by Gasteiger charge is 2.13. The number of halogens is 1. The average Bonchev–Trinajstić information content (AvgIpc) is 2.71. The lowest BCUT2D eigenvalue weighted by atomic mass is 10.1. The molecule has 1 amide bonds. The Morgan fingerprint density at radius 2 is 1.52 bits per heavy atom. The molecule has 6 heteroatoms. The maximum atomic E-state index is 12.3. The van der Waals surface area contributed by atoms with Crippen LogP contribution in [-0.2, 0) is 11.0 Å². The van der Waals surface area contributed by atoms with Crippen molar-refractivity contribution in [1.29, 1.82) is 0 Å². The topological polar surface area (TPSA) is 58.2 Å². The highest BCUT2D eigenvalue weighted by molar-refractivity contribution is 7.86. The molecular formula is C21H31FN2O2S. The molecule has 0 aromatic heterocycles. The minimum atomic E-state index is -1.42. The maximum Gasteiger partial charge on any atom is 0.257 e. The molecule has 150 valence electrons. The van der Waals surface area contributed by atoms with Crippen LogP contribution in [0.3, 0.4) is 0 Å². The van der Waals surface area contributed by atoms with Crippen molar-refractivity contribution >= 4 is 22.6 Å². The number of alkyl halides is 1. The van der Waals surface area contributed by atoms with Gasteiger partial charge in [-0.1, -0.05) is 57.7 Å². The molecule has 0 aliphatic rings. The van der Waals surface area contributed by atoms with Crippen LogP contribution in [0.25, 0.3) is 0 Å². The third-order valence-electron chi connectivity index (χ3n) is 3.08. The largest absolute Gasteiger partial charge is 0.326 e. The smallest absolute Gasteiger partial charge is 0.257 e. The fraction of sp³-hybridized carbons (Fsp3) is 0.286. The number of carbonyl (C=O) groups excluding carboxylic acids is 1. The molecule has 2 aromatic rings. The molecule has 0 aliphatic heterocycles. The second-order valence-corrected chi connectivity index (χ2v) is 5.87. The van der Waals surface area contributed by atoms with E-state index in [9.17, 15) is 13.4 Å². The van der Waals surface area contributed by atoms with Crippen molar-refractivity contribution < 1.29 is 13.4 Å². The van der Waals surface area contributed by atoms with Gasteiger partial charge in [-0.05, 0) is 38.1 Å². The number of nitrogens with one attached hydrogen (secondary N) is 2. The minimum absolute atomic E-state index is 0. The Labute approximate surface area is 165 Å². The molecule has 0 heterocycles. The Balaban J connectivity index is 0. The molecule has 0 bridgehead atoms. The molecule has 0 radical (unpaired) electrons. The first kappa shape index (κ1) is 26.8. The third kappa shape index (κ3) is 9.15. The van der Waals surface area contributed by atoms with Crippen molar-refractivity contribution in [3.8, 4) is 0 Å². The van der Waals surface area contributed by atoms with E-state index in [1.165, 1.54) is 0 Å². The molecule has 2 aromatic carbocycles. The van der Waals surface area contributed by atoms with Crippen LogP contribution in [0.15, 0.2) is 71.3 Å². The van der Waals surface area contributed by atoms with Crippen LogP contribution in [0.4, 0.5) is 10.1 Å². The predicted molar refractivity (Wildman–Crippen MR) is 115 cm³/mol. The van der Waals surface area contributed by atoms with Gasteiger partial charge in [0.1, 0.15) is 11.0 Å². The lowest BCUT2D eigenvalue weighted by Crippen LogP contribution is -2.22. The number of hydrogen-bond donors (Lipinski definition) is 2.